The summed E-state index contributed by atoms with van der Waals surface area (Å²) in [7, 11) is 1.68. The molecule has 0 unspecified atom stereocenters. The van der Waals surface area contributed by atoms with Crippen LogP contribution >= 0.6 is 11.8 Å². The molecule has 0 aliphatic carbocycles. The first-order valence-electron chi connectivity index (χ1n) is 15.8. The molecule has 0 aromatic heterocycles. The second-order valence-electron chi connectivity index (χ2n) is 11.6. The fourth-order valence-electron chi connectivity index (χ4n) is 5.60. The highest BCUT2D eigenvalue weighted by Gasteiger charge is 2.38. The molecule has 1 amide bonds. The molecule has 9 heteroatoms. The predicted molar refractivity (Wildman–Crippen MR) is 182 cm³/mol. The number of nitrogens with one attached hydrogen (secondary N) is 1. The molecule has 4 aromatic rings. The number of methoxy groups -OCH3 is 1. The van der Waals surface area contributed by atoms with Gasteiger partial charge >= 0.3 is 5.97 Å². The lowest BCUT2D eigenvalue weighted by Gasteiger charge is -2.41. The smallest absolute Gasteiger partial charge is 0.303 e. The third-order valence-corrected chi connectivity index (χ3v) is 9.47. The van der Waals surface area contributed by atoms with Crippen molar-refractivity contribution in [2.75, 3.05) is 12.9 Å². The molecule has 0 spiro atoms. The van der Waals surface area contributed by atoms with Crippen molar-refractivity contribution in [3.63, 3.8) is 0 Å². The molecule has 1 aliphatic rings. The van der Waals surface area contributed by atoms with Crippen LogP contribution < -0.4 is 10.1 Å². The normalized spacial score (nSPS) is 19.2. The third kappa shape index (κ3) is 9.23. The monoisotopic (exact) mass is 655 g/mol. The Labute approximate surface area is 280 Å². The number of aliphatic hydroxyl groups excluding tert-OH is 1. The summed E-state index contributed by atoms with van der Waals surface area (Å²) in [5.74, 6) is 0.554. The molecule has 246 valence electrons. The molecule has 0 radical (unpaired) electrons. The summed E-state index contributed by atoms with van der Waals surface area (Å²) in [4.78, 5) is 23.9. The van der Waals surface area contributed by atoms with Crippen molar-refractivity contribution in [3.8, 4) is 16.9 Å². The van der Waals surface area contributed by atoms with Gasteiger partial charge in [-0.2, -0.15) is 0 Å². The van der Waals surface area contributed by atoms with Gasteiger partial charge in [-0.25, -0.2) is 0 Å². The van der Waals surface area contributed by atoms with Gasteiger partial charge in [0.1, 0.15) is 5.75 Å². The first kappa shape index (κ1) is 34.2. The number of carboxylic acid groups (broad SMARTS) is 1. The van der Waals surface area contributed by atoms with E-state index in [-0.39, 0.29) is 43.5 Å². The van der Waals surface area contributed by atoms with E-state index in [4.69, 9.17) is 19.3 Å². The van der Waals surface area contributed by atoms with Crippen molar-refractivity contribution in [1.82, 2.24) is 5.32 Å². The second-order valence-corrected chi connectivity index (χ2v) is 12.7. The standard InChI is InChI=1S/C38H41NO7S/c1-25-33(24-47-34-10-4-3-9-32(34)44-2)45-38(46-37(25)29-15-13-26(23-40)14-16-29)30-19-17-28(18-20-30)31-8-5-7-27(21-31)22-39-35(41)11-6-12-36(42)43/h3-5,7-10,13-21,25,33,37-38,40H,6,11-12,22-24H2,1-2H3,(H,39,41)(H,42,43)/t25-,33+,37+,38+/m0/s1. The summed E-state index contributed by atoms with van der Waals surface area (Å²) in [5, 5.41) is 21.2. The van der Waals surface area contributed by atoms with E-state index in [9.17, 15) is 14.7 Å². The molecule has 47 heavy (non-hydrogen) atoms. The van der Waals surface area contributed by atoms with Gasteiger partial charge in [-0.05, 0) is 52.4 Å². The van der Waals surface area contributed by atoms with Crippen molar-refractivity contribution < 1.29 is 34.0 Å². The van der Waals surface area contributed by atoms with Gasteiger partial charge < -0.3 is 29.7 Å². The number of aliphatic hydroxyl groups is 1. The van der Waals surface area contributed by atoms with Crippen LogP contribution in [0.4, 0.5) is 0 Å². The van der Waals surface area contributed by atoms with Gasteiger partial charge in [0.15, 0.2) is 6.29 Å². The first-order valence-corrected chi connectivity index (χ1v) is 16.8. The van der Waals surface area contributed by atoms with Gasteiger partial charge in [-0.1, -0.05) is 85.8 Å². The van der Waals surface area contributed by atoms with Crippen LogP contribution in [0, 0.1) is 5.92 Å². The Morgan fingerprint density at radius 1 is 0.851 bits per heavy atom. The van der Waals surface area contributed by atoms with Gasteiger partial charge in [0.05, 0.1) is 25.9 Å². The second kappa shape index (κ2) is 16.6. The summed E-state index contributed by atoms with van der Waals surface area (Å²) in [5.41, 5.74) is 5.79. The Balaban J connectivity index is 1.30. The van der Waals surface area contributed by atoms with E-state index in [1.807, 2.05) is 91.0 Å². The predicted octanol–water partition coefficient (Wildman–Crippen LogP) is 7.31. The summed E-state index contributed by atoms with van der Waals surface area (Å²) in [6.07, 6.45) is -0.405. The van der Waals surface area contributed by atoms with E-state index in [0.717, 1.165) is 44.0 Å². The van der Waals surface area contributed by atoms with E-state index >= 15 is 0 Å². The third-order valence-electron chi connectivity index (χ3n) is 8.32. The Hall–Kier alpha value is -4.15. The Morgan fingerprint density at radius 3 is 2.32 bits per heavy atom. The number of benzene rings is 4. The van der Waals surface area contributed by atoms with Crippen LogP contribution in [0.25, 0.3) is 11.1 Å². The van der Waals surface area contributed by atoms with Gasteiger partial charge in [0.2, 0.25) is 5.91 Å². The summed E-state index contributed by atoms with van der Waals surface area (Å²) in [6, 6.07) is 32.0. The van der Waals surface area contributed by atoms with E-state index in [1.165, 1.54) is 0 Å². The SMILES string of the molecule is COc1ccccc1SC[C@H]1O[C@@H](c2ccc(-c3cccc(CNC(=O)CCCC(=O)O)c3)cc2)O[C@@H](c2ccc(CO)cc2)[C@H]1C. The zero-order valence-electron chi connectivity index (χ0n) is 26.6. The van der Waals surface area contributed by atoms with E-state index < -0.39 is 12.3 Å². The van der Waals surface area contributed by atoms with Crippen molar-refractivity contribution in [2.45, 2.75) is 62.7 Å². The molecular formula is C38H41NO7S. The summed E-state index contributed by atoms with van der Waals surface area (Å²) in [6.45, 7) is 2.52. The molecule has 8 nitrogen and oxygen atoms in total. The number of carbonyl (C=O) groups is 2. The van der Waals surface area contributed by atoms with E-state index in [2.05, 4.69) is 18.3 Å². The number of hydrogen-bond donors (Lipinski definition) is 3. The molecule has 1 heterocycles. The minimum Gasteiger partial charge on any atom is -0.496 e. The zero-order chi connectivity index (χ0) is 33.2. The highest BCUT2D eigenvalue weighted by atomic mass is 32.2. The molecule has 1 aliphatic heterocycles. The average Bonchev–Trinajstić information content (AvgIpc) is 3.10. The lowest BCUT2D eigenvalue weighted by atomic mass is 9.91. The minimum absolute atomic E-state index is 0.0102. The van der Waals surface area contributed by atoms with Crippen LogP contribution in [0.5, 0.6) is 5.75 Å². The maximum absolute atomic E-state index is 12.1. The molecule has 3 N–H and O–H groups in total. The highest BCUT2D eigenvalue weighted by molar-refractivity contribution is 7.99. The topological polar surface area (TPSA) is 114 Å². The lowest BCUT2D eigenvalue weighted by Crippen LogP contribution is -2.38. The van der Waals surface area contributed by atoms with Crippen LogP contribution in [-0.2, 0) is 32.2 Å². The van der Waals surface area contributed by atoms with E-state index in [1.54, 1.807) is 18.9 Å². The number of para-hydroxylation sites is 1. The van der Waals surface area contributed by atoms with Crippen LogP contribution in [0.1, 0.15) is 60.8 Å². The number of aliphatic carboxylic acids is 1. The number of hydrogen-bond acceptors (Lipinski definition) is 7. The maximum atomic E-state index is 12.1. The fraction of sp³-hybridized carbons (Fsp3) is 0.316. The van der Waals surface area contributed by atoms with Crippen LogP contribution in [-0.4, -0.2) is 41.1 Å². The molecular weight excluding hydrogens is 614 g/mol. The number of carboxylic acids is 1. The first-order chi connectivity index (χ1) is 22.8. The molecule has 5 rings (SSSR count). The molecule has 0 bridgehead atoms. The molecule has 4 aromatic carbocycles. The van der Waals surface area contributed by atoms with Crippen LogP contribution in [0.3, 0.4) is 0 Å². The number of carbonyl (C=O) groups excluding carboxylic acids is 1. The molecule has 1 fully saturated rings. The van der Waals surface area contributed by atoms with Crippen LogP contribution in [0.2, 0.25) is 0 Å². The summed E-state index contributed by atoms with van der Waals surface area (Å²) < 4.78 is 18.9. The Morgan fingerprint density at radius 2 is 1.60 bits per heavy atom. The number of ether oxygens (including phenoxy) is 3. The highest BCUT2D eigenvalue weighted by Crippen LogP contribution is 2.44. The Kier molecular flexibility index (Phi) is 12.1. The molecule has 4 atom stereocenters. The van der Waals surface area contributed by atoms with Gasteiger partial charge in [0, 0.05) is 41.5 Å². The van der Waals surface area contributed by atoms with Crippen LogP contribution in [0.15, 0.2) is 102 Å². The van der Waals surface area contributed by atoms with Crippen molar-refractivity contribution in [3.05, 3.63) is 119 Å². The Bertz CT molecular complexity index is 1630. The quantitative estimate of drug-likeness (QED) is 0.121. The number of rotatable bonds is 14. The number of amides is 1. The van der Waals surface area contributed by atoms with E-state index in [0.29, 0.717) is 18.7 Å². The molecule has 0 saturated carbocycles. The fourth-order valence-corrected chi connectivity index (χ4v) is 6.80. The van der Waals surface area contributed by atoms with Crippen molar-refractivity contribution in [2.24, 2.45) is 5.92 Å². The van der Waals surface area contributed by atoms with Gasteiger partial charge in [0.25, 0.3) is 0 Å². The largest absolute Gasteiger partial charge is 0.496 e. The van der Waals surface area contributed by atoms with Crippen molar-refractivity contribution in [1.29, 1.82) is 0 Å². The average molecular weight is 656 g/mol. The molecule has 1 saturated heterocycles. The number of thioether (sulfide) groups is 1. The minimum atomic E-state index is -0.899. The lowest BCUT2D eigenvalue weighted by molar-refractivity contribution is -0.268. The van der Waals surface area contributed by atoms with Crippen molar-refractivity contribution >= 4 is 23.6 Å². The van der Waals surface area contributed by atoms with Gasteiger partial charge in [-0.3, -0.25) is 9.59 Å². The summed E-state index contributed by atoms with van der Waals surface area (Å²) >= 11 is 1.71. The zero-order valence-corrected chi connectivity index (χ0v) is 27.5. The maximum Gasteiger partial charge on any atom is 0.303 e. The van der Waals surface area contributed by atoms with Gasteiger partial charge in [-0.15, -0.1) is 11.8 Å².